The lowest BCUT2D eigenvalue weighted by Gasteiger charge is -2.32. The molecule has 1 saturated heterocycles. The van der Waals surface area contributed by atoms with Gasteiger partial charge in [-0.3, -0.25) is 10.1 Å². The molecule has 5 aromatic heterocycles. The van der Waals surface area contributed by atoms with Crippen LogP contribution in [-0.2, 0) is 0 Å². The standard InChI is InChI=1S/C29H25FN10O/c1-39-8-10-40(11-9-39)29(41)34-19-12-17(14-31-16-19)18-13-22-25(37-38-26(22)33-15-18)28-35-24-21(6-7-32-27(24)36-28)20-4-2-3-5-23(20)30/h2-7,12-16H,8-11H2,1H3,(H,34,41)(H,32,35,36)(H,33,37,38). The van der Waals surface area contributed by atoms with E-state index in [1.807, 2.05) is 19.2 Å². The van der Waals surface area contributed by atoms with Gasteiger partial charge in [-0.2, -0.15) is 5.10 Å². The van der Waals surface area contributed by atoms with Crippen LogP contribution >= 0.6 is 0 Å². The molecular weight excluding hydrogens is 523 g/mol. The summed E-state index contributed by atoms with van der Waals surface area (Å²) >= 11 is 0. The van der Waals surface area contributed by atoms with Gasteiger partial charge in [-0.1, -0.05) is 18.2 Å². The molecule has 2 amide bonds. The van der Waals surface area contributed by atoms with Crippen molar-refractivity contribution in [3.63, 3.8) is 0 Å². The van der Waals surface area contributed by atoms with Crippen molar-refractivity contribution in [3.05, 3.63) is 73.1 Å². The quantitative estimate of drug-likeness (QED) is 0.295. The molecule has 3 N–H and O–H groups in total. The summed E-state index contributed by atoms with van der Waals surface area (Å²) in [5.41, 5.74) is 5.52. The number of pyridine rings is 3. The lowest BCUT2D eigenvalue weighted by Crippen LogP contribution is -2.48. The second-order valence-corrected chi connectivity index (χ2v) is 10.00. The van der Waals surface area contributed by atoms with Gasteiger partial charge >= 0.3 is 6.03 Å². The number of likely N-dealkylation sites (N-methyl/N-ethyl adjacent to an activating group) is 1. The second kappa shape index (κ2) is 10.1. The maximum atomic E-state index is 14.6. The number of nitrogens with zero attached hydrogens (tertiary/aromatic N) is 7. The fourth-order valence-electron chi connectivity index (χ4n) is 5.05. The van der Waals surface area contributed by atoms with Crippen molar-refractivity contribution in [1.82, 2.24) is 44.9 Å². The predicted octanol–water partition coefficient (Wildman–Crippen LogP) is 4.54. The summed E-state index contributed by atoms with van der Waals surface area (Å²) in [6.07, 6.45) is 6.68. The number of imidazole rings is 1. The largest absolute Gasteiger partial charge is 0.335 e. The fourth-order valence-corrected chi connectivity index (χ4v) is 5.05. The molecule has 41 heavy (non-hydrogen) atoms. The van der Waals surface area contributed by atoms with Crippen LogP contribution < -0.4 is 5.32 Å². The van der Waals surface area contributed by atoms with Crippen LogP contribution in [0.25, 0.3) is 56.0 Å². The van der Waals surface area contributed by atoms with Crippen molar-refractivity contribution < 1.29 is 9.18 Å². The fraction of sp³-hybridized carbons (Fsp3) is 0.172. The van der Waals surface area contributed by atoms with Crippen molar-refractivity contribution in [2.75, 3.05) is 38.5 Å². The molecular formula is C29H25FN10O. The Labute approximate surface area is 233 Å². The van der Waals surface area contributed by atoms with Crippen LogP contribution in [0.2, 0.25) is 0 Å². The van der Waals surface area contributed by atoms with E-state index in [0.717, 1.165) is 29.6 Å². The summed E-state index contributed by atoms with van der Waals surface area (Å²) in [4.78, 5) is 38.0. The lowest BCUT2D eigenvalue weighted by atomic mass is 10.1. The minimum absolute atomic E-state index is 0.143. The first-order chi connectivity index (χ1) is 20.0. The van der Waals surface area contributed by atoms with Crippen molar-refractivity contribution in [1.29, 1.82) is 0 Å². The number of hydrogen-bond acceptors (Lipinski definition) is 7. The van der Waals surface area contributed by atoms with E-state index in [-0.39, 0.29) is 11.8 Å². The molecule has 0 unspecified atom stereocenters. The highest BCUT2D eigenvalue weighted by molar-refractivity contribution is 5.96. The molecule has 6 heterocycles. The number of anilines is 1. The molecule has 204 valence electrons. The van der Waals surface area contributed by atoms with Gasteiger partial charge in [0.2, 0.25) is 0 Å². The van der Waals surface area contributed by atoms with Crippen LogP contribution in [0.15, 0.2) is 67.3 Å². The van der Waals surface area contributed by atoms with Crippen LogP contribution in [0.3, 0.4) is 0 Å². The van der Waals surface area contributed by atoms with Crippen LogP contribution in [0, 0.1) is 5.82 Å². The average Bonchev–Trinajstić information content (AvgIpc) is 3.62. The smallest absolute Gasteiger partial charge is 0.321 e. The number of H-pyrrole nitrogens is 2. The van der Waals surface area contributed by atoms with Crippen molar-refractivity contribution in [2.24, 2.45) is 0 Å². The number of benzene rings is 1. The van der Waals surface area contributed by atoms with Gasteiger partial charge in [0.05, 0.1) is 22.8 Å². The molecule has 1 fully saturated rings. The Morgan fingerprint density at radius 1 is 0.951 bits per heavy atom. The summed E-state index contributed by atoms with van der Waals surface area (Å²) in [6, 6.07) is 12.0. The first-order valence-corrected chi connectivity index (χ1v) is 13.2. The number of piperazine rings is 1. The highest BCUT2D eigenvalue weighted by Gasteiger charge is 2.20. The van der Waals surface area contributed by atoms with E-state index in [9.17, 15) is 9.18 Å². The second-order valence-electron chi connectivity index (χ2n) is 10.00. The minimum Gasteiger partial charge on any atom is -0.335 e. The normalized spacial score (nSPS) is 14.1. The number of aromatic amines is 2. The molecule has 12 heteroatoms. The minimum atomic E-state index is -0.326. The topological polar surface area (TPSA) is 132 Å². The zero-order valence-electron chi connectivity index (χ0n) is 22.1. The summed E-state index contributed by atoms with van der Waals surface area (Å²) < 4.78 is 14.6. The number of fused-ring (bicyclic) bond motifs is 2. The number of carbonyl (C=O) groups excluding carboxylic acids is 1. The van der Waals surface area contributed by atoms with E-state index in [0.29, 0.717) is 58.2 Å². The van der Waals surface area contributed by atoms with Crippen LogP contribution in [0.1, 0.15) is 0 Å². The molecule has 1 aliphatic heterocycles. The third-order valence-corrected chi connectivity index (χ3v) is 7.32. The summed E-state index contributed by atoms with van der Waals surface area (Å²) in [5, 5.41) is 11.1. The van der Waals surface area contributed by atoms with Gasteiger partial charge in [0.25, 0.3) is 0 Å². The molecule has 1 aliphatic rings. The monoisotopic (exact) mass is 548 g/mol. The Kier molecular flexibility index (Phi) is 6.08. The number of carbonyl (C=O) groups is 1. The Bertz CT molecular complexity index is 1910. The Hall–Kier alpha value is -5.23. The van der Waals surface area contributed by atoms with Gasteiger partial charge < -0.3 is 20.1 Å². The Balaban J connectivity index is 1.21. The number of halogens is 1. The molecule has 0 spiro atoms. The van der Waals surface area contributed by atoms with Gasteiger partial charge in [-0.05, 0) is 31.3 Å². The number of aromatic nitrogens is 7. The van der Waals surface area contributed by atoms with Crippen LogP contribution in [0.4, 0.5) is 14.9 Å². The van der Waals surface area contributed by atoms with E-state index >= 15 is 0 Å². The first-order valence-electron chi connectivity index (χ1n) is 13.2. The first kappa shape index (κ1) is 24.8. The molecule has 7 rings (SSSR count). The Morgan fingerprint density at radius 3 is 2.63 bits per heavy atom. The van der Waals surface area contributed by atoms with Crippen molar-refractivity contribution >= 4 is 33.9 Å². The van der Waals surface area contributed by atoms with E-state index < -0.39 is 0 Å². The highest BCUT2D eigenvalue weighted by Crippen LogP contribution is 2.33. The molecule has 0 aliphatic carbocycles. The zero-order chi connectivity index (χ0) is 27.9. The van der Waals surface area contributed by atoms with Gasteiger partial charge in [0.15, 0.2) is 17.1 Å². The van der Waals surface area contributed by atoms with Gasteiger partial charge in [0.1, 0.15) is 11.5 Å². The summed E-state index contributed by atoms with van der Waals surface area (Å²) in [6.45, 7) is 3.04. The summed E-state index contributed by atoms with van der Waals surface area (Å²) in [7, 11) is 2.05. The SMILES string of the molecule is CN1CCN(C(=O)Nc2cncc(-c3cnc4n[nH]c(-c5nc6nccc(-c7ccccc7F)c6[nH]5)c4c3)c2)CC1. The molecule has 1 aromatic carbocycles. The molecule has 6 aromatic rings. The molecule has 0 atom stereocenters. The van der Waals surface area contributed by atoms with Gasteiger partial charge in [-0.15, -0.1) is 0 Å². The van der Waals surface area contributed by atoms with E-state index in [1.54, 1.807) is 54.0 Å². The number of hydrogen-bond donors (Lipinski definition) is 3. The van der Waals surface area contributed by atoms with Gasteiger partial charge in [0, 0.05) is 67.0 Å². The third-order valence-electron chi connectivity index (χ3n) is 7.32. The van der Waals surface area contributed by atoms with Crippen LogP contribution in [0.5, 0.6) is 0 Å². The van der Waals surface area contributed by atoms with Gasteiger partial charge in [-0.25, -0.2) is 24.1 Å². The molecule has 0 saturated carbocycles. The van der Waals surface area contributed by atoms with Crippen molar-refractivity contribution in [3.8, 4) is 33.8 Å². The van der Waals surface area contributed by atoms with Crippen molar-refractivity contribution in [2.45, 2.75) is 0 Å². The number of urea groups is 1. The number of nitrogens with one attached hydrogen (secondary N) is 3. The van der Waals surface area contributed by atoms with E-state index in [2.05, 4.69) is 45.3 Å². The molecule has 0 bridgehead atoms. The highest BCUT2D eigenvalue weighted by atomic mass is 19.1. The summed E-state index contributed by atoms with van der Waals surface area (Å²) in [5.74, 6) is 0.177. The predicted molar refractivity (Wildman–Crippen MR) is 153 cm³/mol. The number of amides is 2. The lowest BCUT2D eigenvalue weighted by molar-refractivity contribution is 0.164. The number of rotatable bonds is 4. The zero-order valence-corrected chi connectivity index (χ0v) is 22.1. The molecule has 0 radical (unpaired) electrons. The molecule has 11 nitrogen and oxygen atoms in total. The van der Waals surface area contributed by atoms with Crippen LogP contribution in [-0.4, -0.2) is 84.2 Å². The maximum Gasteiger partial charge on any atom is 0.321 e. The average molecular weight is 549 g/mol. The Morgan fingerprint density at radius 2 is 1.78 bits per heavy atom. The van der Waals surface area contributed by atoms with E-state index in [1.165, 1.54) is 6.07 Å². The third kappa shape index (κ3) is 4.63. The van der Waals surface area contributed by atoms with E-state index in [4.69, 9.17) is 0 Å². The maximum absolute atomic E-state index is 14.6.